The molecule has 1 aliphatic rings. The molecule has 0 aliphatic heterocycles. The number of phenols is 1. The summed E-state index contributed by atoms with van der Waals surface area (Å²) in [5.41, 5.74) is 3.48. The Morgan fingerprint density at radius 3 is 1.91 bits per heavy atom. The van der Waals surface area contributed by atoms with E-state index in [9.17, 15) is 9.67 Å². The number of phosphoric acid groups is 1. The molecule has 0 radical (unpaired) electrons. The topological polar surface area (TPSA) is 65.0 Å². The normalized spacial score (nSPS) is 14.9. The molecule has 0 saturated carbocycles. The van der Waals surface area contributed by atoms with Crippen molar-refractivity contribution in [1.82, 2.24) is 0 Å². The van der Waals surface area contributed by atoms with Crippen molar-refractivity contribution in [1.29, 1.82) is 0 Å². The van der Waals surface area contributed by atoms with E-state index >= 15 is 0 Å². The number of phosphoric ester groups is 1. The largest absolute Gasteiger partial charge is 0.647 e. The zero-order valence-corrected chi connectivity index (χ0v) is 19.2. The molecule has 5 nitrogen and oxygen atoms in total. The highest BCUT2D eigenvalue weighted by molar-refractivity contribution is 7.49. The van der Waals surface area contributed by atoms with Gasteiger partial charge in [0.05, 0.1) is 0 Å². The van der Waals surface area contributed by atoms with Crippen LogP contribution in [0.1, 0.15) is 18.9 Å². The Labute approximate surface area is 193 Å². The lowest BCUT2D eigenvalue weighted by molar-refractivity contribution is 0.261. The van der Waals surface area contributed by atoms with Gasteiger partial charge >= 0.3 is 7.82 Å². The van der Waals surface area contributed by atoms with Gasteiger partial charge in [0.1, 0.15) is 23.0 Å². The lowest BCUT2D eigenvalue weighted by Crippen LogP contribution is -2.06. The second-order valence-corrected chi connectivity index (χ2v) is 9.08. The number of hydrogen-bond acceptors (Lipinski definition) is 5. The smallest absolute Gasteiger partial charge is 0.508 e. The van der Waals surface area contributed by atoms with Gasteiger partial charge in [0.15, 0.2) is 0 Å². The summed E-state index contributed by atoms with van der Waals surface area (Å²) in [5.74, 6) is 1.46. The maximum atomic E-state index is 13.5. The third-order valence-corrected chi connectivity index (χ3v) is 6.37. The molecule has 1 N–H and O–H groups in total. The van der Waals surface area contributed by atoms with E-state index in [1.54, 1.807) is 66.7 Å². The summed E-state index contributed by atoms with van der Waals surface area (Å²) in [5, 5.41) is 9.46. The molecule has 33 heavy (non-hydrogen) atoms. The minimum Gasteiger partial charge on any atom is -0.508 e. The molecule has 6 heteroatoms. The van der Waals surface area contributed by atoms with Crippen LogP contribution in [0.4, 0.5) is 0 Å². The first-order valence-electron chi connectivity index (χ1n) is 10.6. The predicted octanol–water partition coefficient (Wildman–Crippen LogP) is 7.38. The molecule has 0 saturated heterocycles. The molecule has 0 aromatic heterocycles. The zero-order chi connectivity index (χ0) is 23.1. The highest BCUT2D eigenvalue weighted by Crippen LogP contribution is 2.51. The molecule has 0 amide bonds. The van der Waals surface area contributed by atoms with Gasteiger partial charge in [0.2, 0.25) is 0 Å². The van der Waals surface area contributed by atoms with E-state index in [-0.39, 0.29) is 5.75 Å². The number of allylic oxidation sites excluding steroid dienone is 5. The third kappa shape index (κ3) is 6.41. The van der Waals surface area contributed by atoms with Gasteiger partial charge in [-0.15, -0.1) is 0 Å². The average Bonchev–Trinajstić information content (AvgIpc) is 2.82. The zero-order valence-electron chi connectivity index (χ0n) is 18.3. The van der Waals surface area contributed by atoms with Crippen LogP contribution < -0.4 is 9.05 Å². The molecule has 3 aromatic carbocycles. The van der Waals surface area contributed by atoms with E-state index in [0.717, 1.165) is 17.6 Å². The molecule has 3 aromatic rings. The van der Waals surface area contributed by atoms with E-state index in [2.05, 4.69) is 6.92 Å². The predicted molar refractivity (Wildman–Crippen MR) is 129 cm³/mol. The van der Waals surface area contributed by atoms with Crippen molar-refractivity contribution in [2.24, 2.45) is 0 Å². The monoisotopic (exact) mass is 460 g/mol. The lowest BCUT2D eigenvalue weighted by Gasteiger charge is -2.21. The minimum atomic E-state index is -3.99. The molecule has 168 valence electrons. The summed E-state index contributed by atoms with van der Waals surface area (Å²) >= 11 is 0. The standard InChI is InChI=1S/C27H25O5P/c1-21(20-22-12-16-24(28)17-13-22)23-14-18-27(19-15-23)32-33(29,30-25-8-4-2-5-9-25)31-26-10-6-3-7-11-26/h2-14,16-19,28H,15,20H2,1H3. The van der Waals surface area contributed by atoms with Crippen LogP contribution in [-0.2, 0) is 15.5 Å². The SMILES string of the molecule is CC(Cc1ccc(O)cc1)=C1C=CC(OP(=O)(Oc2ccccc2)Oc2ccccc2)=CC1. The summed E-state index contributed by atoms with van der Waals surface area (Å²) in [4.78, 5) is 0. The van der Waals surface area contributed by atoms with Crippen molar-refractivity contribution in [3.63, 3.8) is 0 Å². The summed E-state index contributed by atoms with van der Waals surface area (Å²) in [7, 11) is -3.99. The molecule has 0 unspecified atom stereocenters. The maximum absolute atomic E-state index is 13.5. The molecule has 0 heterocycles. The number of benzene rings is 3. The summed E-state index contributed by atoms with van der Waals surface area (Å²) in [6, 6.07) is 24.8. The Hall–Kier alpha value is -3.69. The fraction of sp³-hybridized carbons (Fsp3) is 0.111. The van der Waals surface area contributed by atoms with Gasteiger partial charge in [-0.05, 0) is 79.5 Å². The van der Waals surface area contributed by atoms with Gasteiger partial charge in [-0.3, -0.25) is 0 Å². The molecule has 1 aliphatic carbocycles. The van der Waals surface area contributed by atoms with E-state index in [1.807, 2.05) is 36.4 Å². The van der Waals surface area contributed by atoms with E-state index in [1.165, 1.54) is 5.57 Å². The molecular formula is C27H25O5P. The molecule has 4 rings (SSSR count). The van der Waals surface area contributed by atoms with Crippen molar-refractivity contribution in [2.75, 3.05) is 0 Å². The quantitative estimate of drug-likeness (QED) is 0.355. The van der Waals surface area contributed by atoms with Gasteiger partial charge in [-0.1, -0.05) is 60.2 Å². The number of hydrogen-bond donors (Lipinski definition) is 1. The van der Waals surface area contributed by atoms with E-state index in [4.69, 9.17) is 13.6 Å². The molecule has 0 spiro atoms. The first-order valence-corrected chi connectivity index (χ1v) is 12.1. The van der Waals surface area contributed by atoms with Crippen LogP contribution in [0.3, 0.4) is 0 Å². The second-order valence-electron chi connectivity index (χ2n) is 7.64. The van der Waals surface area contributed by atoms with Crippen LogP contribution in [0.25, 0.3) is 0 Å². The molecule has 0 atom stereocenters. The maximum Gasteiger partial charge on any atom is 0.647 e. The van der Waals surface area contributed by atoms with Gasteiger partial charge in [-0.25, -0.2) is 0 Å². The Morgan fingerprint density at radius 1 is 0.818 bits per heavy atom. The summed E-state index contributed by atoms with van der Waals surface area (Å²) in [6.45, 7) is 2.08. The Kier molecular flexibility index (Phi) is 7.01. The Morgan fingerprint density at radius 2 is 1.39 bits per heavy atom. The number of para-hydroxylation sites is 2. The number of phenolic OH excluding ortho intramolecular Hbond substituents is 1. The summed E-state index contributed by atoms with van der Waals surface area (Å²) in [6.07, 6.45) is 7.00. The van der Waals surface area contributed by atoms with Crippen LogP contribution >= 0.6 is 7.82 Å². The first kappa shape index (κ1) is 22.5. The number of aromatic hydroxyl groups is 1. The van der Waals surface area contributed by atoms with Crippen LogP contribution in [0.15, 0.2) is 120 Å². The fourth-order valence-corrected chi connectivity index (χ4v) is 4.62. The highest BCUT2D eigenvalue weighted by Gasteiger charge is 2.33. The van der Waals surface area contributed by atoms with Gasteiger partial charge in [0.25, 0.3) is 0 Å². The van der Waals surface area contributed by atoms with Crippen molar-refractivity contribution < 1.29 is 23.2 Å². The second kappa shape index (κ2) is 10.3. The van der Waals surface area contributed by atoms with Gasteiger partial charge in [-0.2, -0.15) is 4.57 Å². The van der Waals surface area contributed by atoms with E-state index in [0.29, 0.717) is 23.7 Å². The van der Waals surface area contributed by atoms with Gasteiger partial charge in [0, 0.05) is 0 Å². The van der Waals surface area contributed by atoms with Crippen molar-refractivity contribution in [3.05, 3.63) is 126 Å². The Balaban J connectivity index is 1.48. The fourth-order valence-electron chi connectivity index (χ4n) is 3.35. The lowest BCUT2D eigenvalue weighted by atomic mass is 9.96. The third-order valence-electron chi connectivity index (χ3n) is 5.06. The average molecular weight is 460 g/mol. The van der Waals surface area contributed by atoms with Crippen LogP contribution in [0.2, 0.25) is 0 Å². The number of rotatable bonds is 8. The van der Waals surface area contributed by atoms with Crippen LogP contribution in [0, 0.1) is 0 Å². The van der Waals surface area contributed by atoms with Crippen molar-refractivity contribution in [2.45, 2.75) is 19.8 Å². The first-order chi connectivity index (χ1) is 16.0. The summed E-state index contributed by atoms with van der Waals surface area (Å²) < 4.78 is 30.7. The Bertz CT molecular complexity index is 1170. The van der Waals surface area contributed by atoms with Crippen molar-refractivity contribution >= 4 is 7.82 Å². The van der Waals surface area contributed by atoms with E-state index < -0.39 is 7.82 Å². The molecular weight excluding hydrogens is 435 g/mol. The van der Waals surface area contributed by atoms with Crippen LogP contribution in [-0.4, -0.2) is 5.11 Å². The van der Waals surface area contributed by atoms with Crippen LogP contribution in [0.5, 0.6) is 17.2 Å². The molecule has 0 fully saturated rings. The minimum absolute atomic E-state index is 0.256. The molecule has 0 bridgehead atoms. The highest BCUT2D eigenvalue weighted by atomic mass is 31.2. The van der Waals surface area contributed by atoms with Crippen molar-refractivity contribution in [3.8, 4) is 17.2 Å². The van der Waals surface area contributed by atoms with Gasteiger partial charge < -0.3 is 18.7 Å².